The van der Waals surface area contributed by atoms with Crippen LogP contribution in [0.5, 0.6) is 0 Å². The molecule has 0 atom stereocenters. The first-order chi connectivity index (χ1) is 5.12. The van der Waals surface area contributed by atoms with Gasteiger partial charge in [0, 0.05) is 4.43 Å². The molecule has 0 aromatic rings. The van der Waals surface area contributed by atoms with E-state index in [1.54, 1.807) is 0 Å². The van der Waals surface area contributed by atoms with Crippen molar-refractivity contribution in [2.45, 2.75) is 41.0 Å². The number of rotatable bonds is 2. The quantitative estimate of drug-likeness (QED) is 0.605. The Bertz CT molecular complexity index is 47.5. The number of halogens is 1. The summed E-state index contributed by atoms with van der Waals surface area (Å²) in [4.78, 5) is 0. The highest BCUT2D eigenvalue weighted by atomic mass is 127. The highest BCUT2D eigenvalue weighted by Gasteiger charge is 2.10. The number of nitrogens with two attached hydrogens (primary N) is 1. The van der Waals surface area contributed by atoms with Crippen LogP contribution in [-0.2, 0) is 0 Å². The summed E-state index contributed by atoms with van der Waals surface area (Å²) >= 11 is 2.43. The highest BCUT2D eigenvalue weighted by molar-refractivity contribution is 14.1. The molecule has 72 valence electrons. The van der Waals surface area contributed by atoms with Gasteiger partial charge in [0.1, 0.15) is 0 Å². The zero-order valence-electron chi connectivity index (χ0n) is 8.87. The predicted octanol–water partition coefficient (Wildman–Crippen LogP) is 3.46. The van der Waals surface area contributed by atoms with Crippen molar-refractivity contribution in [2.75, 3.05) is 11.5 Å². The van der Waals surface area contributed by atoms with Crippen molar-refractivity contribution < 1.29 is 0 Å². The maximum absolute atomic E-state index is 4.50. The van der Waals surface area contributed by atoms with Crippen LogP contribution in [-0.4, -0.2) is 11.5 Å². The van der Waals surface area contributed by atoms with Gasteiger partial charge < -0.3 is 5.73 Å². The molecule has 0 fully saturated rings. The highest BCUT2D eigenvalue weighted by Crippen LogP contribution is 2.21. The normalized spacial score (nSPS) is 8.73. The van der Waals surface area contributed by atoms with Crippen LogP contribution in [0.25, 0.3) is 0 Å². The predicted molar refractivity (Wildman–Crippen MR) is 64.4 cm³/mol. The van der Waals surface area contributed by atoms with E-state index in [0.29, 0.717) is 5.41 Å². The van der Waals surface area contributed by atoms with Gasteiger partial charge in [-0.25, -0.2) is 0 Å². The van der Waals surface area contributed by atoms with Crippen molar-refractivity contribution in [1.29, 1.82) is 0 Å². The van der Waals surface area contributed by atoms with Crippen molar-refractivity contribution in [3.63, 3.8) is 0 Å². The molecule has 0 aromatic heterocycles. The van der Waals surface area contributed by atoms with E-state index < -0.39 is 0 Å². The lowest BCUT2D eigenvalue weighted by atomic mass is 9.94. The Hall–Kier alpha value is 0.690. The van der Waals surface area contributed by atoms with Gasteiger partial charge in [0.05, 0.1) is 0 Å². The molecule has 0 aliphatic carbocycles. The third-order valence-corrected chi connectivity index (χ3v) is 3.38. The molecule has 0 aliphatic rings. The minimum atomic E-state index is 0.570. The van der Waals surface area contributed by atoms with Gasteiger partial charge >= 0.3 is 0 Å². The Morgan fingerprint density at radius 2 is 1.45 bits per heavy atom. The first-order valence-electron chi connectivity index (χ1n) is 4.26. The van der Waals surface area contributed by atoms with Crippen molar-refractivity contribution in [2.24, 2.45) is 11.1 Å². The summed E-state index contributed by atoms with van der Waals surface area (Å²) in [6.45, 7) is 10.8. The molecular formula is C9H24IN. The summed E-state index contributed by atoms with van der Waals surface area (Å²) in [6, 6.07) is 0. The number of alkyl halides is 1. The van der Waals surface area contributed by atoms with Crippen LogP contribution in [0.2, 0.25) is 0 Å². The van der Waals surface area contributed by atoms with E-state index in [-0.39, 0.29) is 0 Å². The van der Waals surface area contributed by atoms with Crippen LogP contribution in [0.1, 0.15) is 41.0 Å². The van der Waals surface area contributed by atoms with Crippen molar-refractivity contribution in [1.82, 2.24) is 0 Å². The third kappa shape index (κ3) is 18.0. The Balaban J connectivity index is -0.000000138. The van der Waals surface area contributed by atoms with Crippen LogP contribution in [0.3, 0.4) is 0 Å². The molecule has 0 rings (SSSR count). The topological polar surface area (TPSA) is 26.0 Å². The zero-order valence-corrected chi connectivity index (χ0v) is 11.0. The first kappa shape index (κ1) is 17.7. The van der Waals surface area contributed by atoms with Crippen LogP contribution in [0, 0.1) is 5.41 Å². The molecule has 0 bridgehead atoms. The summed E-state index contributed by atoms with van der Waals surface area (Å²) in [5, 5.41) is 0. The van der Waals surface area contributed by atoms with Gasteiger partial charge in [0.2, 0.25) is 0 Å². The Morgan fingerprint density at radius 1 is 1.18 bits per heavy atom. The van der Waals surface area contributed by atoms with Crippen LogP contribution >= 0.6 is 22.6 Å². The summed E-state index contributed by atoms with van der Waals surface area (Å²) in [7, 11) is 1.50. The zero-order chi connectivity index (χ0) is 9.91. The van der Waals surface area contributed by atoms with E-state index in [9.17, 15) is 0 Å². The molecule has 0 aromatic carbocycles. The van der Waals surface area contributed by atoms with Crippen molar-refractivity contribution >= 4 is 22.6 Å². The average molecular weight is 273 g/mol. The molecule has 0 unspecified atom stereocenters. The molecule has 11 heavy (non-hydrogen) atoms. The Kier molecular flexibility index (Phi) is 21.4. The van der Waals surface area contributed by atoms with Crippen molar-refractivity contribution in [3.05, 3.63) is 0 Å². The van der Waals surface area contributed by atoms with E-state index in [1.165, 1.54) is 17.9 Å². The van der Waals surface area contributed by atoms with E-state index in [0.717, 1.165) is 0 Å². The van der Waals surface area contributed by atoms with Gasteiger partial charge in [-0.05, 0) is 12.5 Å². The summed E-state index contributed by atoms with van der Waals surface area (Å²) in [5.74, 6) is 0. The fourth-order valence-electron chi connectivity index (χ4n) is 0.0945. The second-order valence-electron chi connectivity index (χ2n) is 2.65. The molecule has 0 radical (unpaired) electrons. The molecule has 0 aliphatic heterocycles. The Labute approximate surface area is 86.3 Å². The van der Waals surface area contributed by atoms with Gasteiger partial charge in [0.15, 0.2) is 0 Å². The van der Waals surface area contributed by atoms with E-state index in [1.807, 2.05) is 13.8 Å². The lowest BCUT2D eigenvalue weighted by Crippen LogP contribution is -2.09. The van der Waals surface area contributed by atoms with E-state index in [2.05, 4.69) is 49.1 Å². The van der Waals surface area contributed by atoms with Gasteiger partial charge in [-0.2, -0.15) is 0 Å². The average Bonchev–Trinajstić information content (AvgIpc) is 2.12. The van der Waals surface area contributed by atoms with Gasteiger partial charge in [0.25, 0.3) is 0 Å². The minimum Gasteiger partial charge on any atom is -0.333 e. The van der Waals surface area contributed by atoms with Crippen LogP contribution in [0.4, 0.5) is 0 Å². The van der Waals surface area contributed by atoms with E-state index in [4.69, 9.17) is 0 Å². The van der Waals surface area contributed by atoms with E-state index >= 15 is 0 Å². The molecule has 0 spiro atoms. The number of hydrogen-bond donors (Lipinski definition) is 1. The molecule has 0 amide bonds. The van der Waals surface area contributed by atoms with Gasteiger partial charge in [-0.1, -0.05) is 63.6 Å². The molecule has 0 saturated carbocycles. The second kappa shape index (κ2) is 13.3. The van der Waals surface area contributed by atoms with Crippen LogP contribution < -0.4 is 5.73 Å². The SMILES string of the molecule is CC.CCC(C)(C)CI.CN. The smallest absolute Gasteiger partial charge is 0.00466 e. The van der Waals surface area contributed by atoms with Crippen LogP contribution in [0.15, 0.2) is 0 Å². The molecule has 2 N–H and O–H groups in total. The summed E-state index contributed by atoms with van der Waals surface area (Å²) < 4.78 is 1.27. The standard InChI is InChI=1S/C6H13I.C2H6.CH5N/c1-4-6(2,3)5-7;2*1-2/h4-5H2,1-3H3;1-2H3;2H2,1H3. The first-order valence-corrected chi connectivity index (χ1v) is 5.78. The molecule has 2 heteroatoms. The minimum absolute atomic E-state index is 0.570. The summed E-state index contributed by atoms with van der Waals surface area (Å²) in [6.07, 6.45) is 1.29. The van der Waals surface area contributed by atoms with Crippen molar-refractivity contribution in [3.8, 4) is 0 Å². The molecule has 0 saturated heterocycles. The second-order valence-corrected chi connectivity index (χ2v) is 3.41. The third-order valence-electron chi connectivity index (χ3n) is 1.32. The molecule has 0 heterocycles. The lowest BCUT2D eigenvalue weighted by Gasteiger charge is -2.17. The number of hydrogen-bond acceptors (Lipinski definition) is 1. The fraction of sp³-hybridized carbons (Fsp3) is 1.00. The Morgan fingerprint density at radius 3 is 1.45 bits per heavy atom. The molecule has 1 nitrogen and oxygen atoms in total. The van der Waals surface area contributed by atoms with Gasteiger partial charge in [-0.15, -0.1) is 0 Å². The lowest BCUT2D eigenvalue weighted by molar-refractivity contribution is 0.415. The largest absolute Gasteiger partial charge is 0.333 e. The fourth-order valence-corrected chi connectivity index (χ4v) is 0.634. The van der Waals surface area contributed by atoms with Gasteiger partial charge in [-0.3, -0.25) is 0 Å². The monoisotopic (exact) mass is 273 g/mol. The maximum Gasteiger partial charge on any atom is 0.00466 e. The molecular weight excluding hydrogens is 249 g/mol. The maximum atomic E-state index is 4.50. The summed E-state index contributed by atoms with van der Waals surface area (Å²) in [5.41, 5.74) is 5.07.